The monoisotopic (exact) mass is 306 g/mol. The standard InChI is InChI=1S/C17H16ClFO2/c18-12-5-6-15(19)14(10-12)16(20)9-11-7-8-21-17-4-2-1-3-13(11)17/h1-6,10-11,16,20H,7-9H2. The van der Waals surface area contributed by atoms with E-state index in [9.17, 15) is 9.50 Å². The summed E-state index contributed by atoms with van der Waals surface area (Å²) in [5, 5.41) is 10.8. The van der Waals surface area contributed by atoms with Gasteiger partial charge in [-0.15, -0.1) is 0 Å². The molecule has 3 rings (SSSR count). The van der Waals surface area contributed by atoms with Crippen LogP contribution in [0.15, 0.2) is 42.5 Å². The van der Waals surface area contributed by atoms with Crippen molar-refractivity contribution in [2.24, 2.45) is 0 Å². The Labute approximate surface area is 128 Å². The molecule has 0 amide bonds. The fourth-order valence-corrected chi connectivity index (χ4v) is 3.01. The van der Waals surface area contributed by atoms with Crippen molar-refractivity contribution < 1.29 is 14.2 Å². The zero-order chi connectivity index (χ0) is 14.8. The summed E-state index contributed by atoms with van der Waals surface area (Å²) in [6.45, 7) is 0.617. The van der Waals surface area contributed by atoms with E-state index in [1.165, 1.54) is 18.2 Å². The lowest BCUT2D eigenvalue weighted by Gasteiger charge is -2.27. The SMILES string of the molecule is OC(CC1CCOc2ccccc21)c1cc(Cl)ccc1F. The fraction of sp³-hybridized carbons (Fsp3) is 0.294. The van der Waals surface area contributed by atoms with Crippen molar-refractivity contribution in [2.45, 2.75) is 24.9 Å². The summed E-state index contributed by atoms with van der Waals surface area (Å²) in [4.78, 5) is 0. The molecule has 2 nitrogen and oxygen atoms in total. The quantitative estimate of drug-likeness (QED) is 0.906. The molecule has 0 saturated heterocycles. The number of rotatable bonds is 3. The molecule has 2 unspecified atom stereocenters. The van der Waals surface area contributed by atoms with Crippen LogP contribution in [0.1, 0.15) is 36.0 Å². The van der Waals surface area contributed by atoms with E-state index < -0.39 is 11.9 Å². The van der Waals surface area contributed by atoms with Gasteiger partial charge in [0, 0.05) is 10.6 Å². The summed E-state index contributed by atoms with van der Waals surface area (Å²) in [5.74, 6) is 0.586. The van der Waals surface area contributed by atoms with Crippen LogP contribution in [0.3, 0.4) is 0 Å². The Balaban J connectivity index is 1.82. The Morgan fingerprint density at radius 1 is 1.29 bits per heavy atom. The first-order valence-corrected chi connectivity index (χ1v) is 7.37. The molecule has 4 heteroatoms. The van der Waals surface area contributed by atoms with Crippen LogP contribution in [0.5, 0.6) is 5.75 Å². The minimum atomic E-state index is -0.875. The zero-order valence-electron chi connectivity index (χ0n) is 11.4. The molecule has 0 bridgehead atoms. The van der Waals surface area contributed by atoms with Gasteiger partial charge in [-0.05, 0) is 48.6 Å². The molecule has 0 spiro atoms. The van der Waals surface area contributed by atoms with Gasteiger partial charge in [-0.3, -0.25) is 0 Å². The summed E-state index contributed by atoms with van der Waals surface area (Å²) in [6.07, 6.45) is 0.397. The molecule has 0 fully saturated rings. The molecule has 2 aromatic rings. The average molecular weight is 307 g/mol. The number of benzene rings is 2. The second-order valence-electron chi connectivity index (χ2n) is 5.29. The van der Waals surface area contributed by atoms with Gasteiger partial charge in [0.1, 0.15) is 11.6 Å². The van der Waals surface area contributed by atoms with Crippen LogP contribution < -0.4 is 4.74 Å². The smallest absolute Gasteiger partial charge is 0.129 e. The maximum absolute atomic E-state index is 13.8. The molecule has 21 heavy (non-hydrogen) atoms. The highest BCUT2D eigenvalue weighted by Gasteiger charge is 2.25. The predicted molar refractivity (Wildman–Crippen MR) is 80.3 cm³/mol. The molecule has 0 saturated carbocycles. The number of aliphatic hydroxyl groups is 1. The van der Waals surface area contributed by atoms with Crippen LogP contribution in [0, 0.1) is 5.82 Å². The predicted octanol–water partition coefficient (Wildman–Crippen LogP) is 4.47. The number of hydrogen-bond donors (Lipinski definition) is 1. The molecule has 1 heterocycles. The first-order valence-electron chi connectivity index (χ1n) is 7.00. The van der Waals surface area contributed by atoms with Gasteiger partial charge in [0.25, 0.3) is 0 Å². The Bertz CT molecular complexity index is 644. The van der Waals surface area contributed by atoms with Crippen molar-refractivity contribution in [1.82, 2.24) is 0 Å². The summed E-state index contributed by atoms with van der Waals surface area (Å²) in [5.41, 5.74) is 1.33. The van der Waals surface area contributed by atoms with Crippen molar-refractivity contribution in [3.05, 3.63) is 64.4 Å². The van der Waals surface area contributed by atoms with Gasteiger partial charge < -0.3 is 9.84 Å². The van der Waals surface area contributed by atoms with E-state index in [0.29, 0.717) is 18.1 Å². The molecule has 1 N–H and O–H groups in total. The maximum atomic E-state index is 13.8. The van der Waals surface area contributed by atoms with Crippen LogP contribution >= 0.6 is 11.6 Å². The largest absolute Gasteiger partial charge is 0.493 e. The van der Waals surface area contributed by atoms with Gasteiger partial charge in [-0.25, -0.2) is 4.39 Å². The van der Waals surface area contributed by atoms with Crippen LogP contribution in [0.25, 0.3) is 0 Å². The third-order valence-corrected chi connectivity index (χ3v) is 4.14. The van der Waals surface area contributed by atoms with Crippen molar-refractivity contribution >= 4 is 11.6 Å². The highest BCUT2D eigenvalue weighted by atomic mass is 35.5. The average Bonchev–Trinajstić information content (AvgIpc) is 2.50. The first-order chi connectivity index (χ1) is 10.1. The molecular weight excluding hydrogens is 291 g/mol. The summed E-state index contributed by atoms with van der Waals surface area (Å²) < 4.78 is 19.4. The molecule has 1 aliphatic rings. The fourth-order valence-electron chi connectivity index (χ4n) is 2.83. The molecule has 2 aromatic carbocycles. The van der Waals surface area contributed by atoms with E-state index >= 15 is 0 Å². The number of fused-ring (bicyclic) bond motifs is 1. The Morgan fingerprint density at radius 3 is 2.95 bits per heavy atom. The molecule has 110 valence electrons. The molecule has 0 aliphatic carbocycles. The van der Waals surface area contributed by atoms with E-state index in [-0.39, 0.29) is 11.5 Å². The number of halogens is 2. The zero-order valence-corrected chi connectivity index (χ0v) is 12.2. The molecule has 0 radical (unpaired) electrons. The number of aliphatic hydroxyl groups excluding tert-OH is 1. The van der Waals surface area contributed by atoms with Gasteiger partial charge in [0.15, 0.2) is 0 Å². The van der Waals surface area contributed by atoms with Crippen LogP contribution in [0.4, 0.5) is 4.39 Å². The van der Waals surface area contributed by atoms with Gasteiger partial charge in [-0.1, -0.05) is 29.8 Å². The lowest BCUT2D eigenvalue weighted by molar-refractivity contribution is 0.141. The second kappa shape index (κ2) is 6.04. The van der Waals surface area contributed by atoms with Crippen LogP contribution in [-0.4, -0.2) is 11.7 Å². The molecular formula is C17H16ClFO2. The van der Waals surface area contributed by atoms with E-state index in [0.717, 1.165) is 17.7 Å². The third kappa shape index (κ3) is 3.04. The molecule has 2 atom stereocenters. The second-order valence-corrected chi connectivity index (χ2v) is 5.73. The van der Waals surface area contributed by atoms with Gasteiger partial charge >= 0.3 is 0 Å². The highest BCUT2D eigenvalue weighted by Crippen LogP contribution is 2.39. The molecule has 0 aromatic heterocycles. The number of para-hydroxylation sites is 1. The van der Waals surface area contributed by atoms with Gasteiger partial charge in [-0.2, -0.15) is 0 Å². The Morgan fingerprint density at radius 2 is 2.10 bits per heavy atom. The summed E-state index contributed by atoms with van der Waals surface area (Å²) >= 11 is 5.89. The van der Waals surface area contributed by atoms with Crippen molar-refractivity contribution in [2.75, 3.05) is 6.61 Å². The van der Waals surface area contributed by atoms with E-state index in [4.69, 9.17) is 16.3 Å². The molecule has 1 aliphatic heterocycles. The van der Waals surface area contributed by atoms with Gasteiger partial charge in [0.2, 0.25) is 0 Å². The number of hydrogen-bond acceptors (Lipinski definition) is 2. The normalized spacial score (nSPS) is 18.7. The first kappa shape index (κ1) is 14.4. The van der Waals surface area contributed by atoms with Crippen LogP contribution in [-0.2, 0) is 0 Å². The van der Waals surface area contributed by atoms with Crippen molar-refractivity contribution in [3.8, 4) is 5.75 Å². The van der Waals surface area contributed by atoms with E-state index in [2.05, 4.69) is 0 Å². The third-order valence-electron chi connectivity index (χ3n) is 3.91. The lowest BCUT2D eigenvalue weighted by atomic mass is 9.86. The Kier molecular flexibility index (Phi) is 4.13. The van der Waals surface area contributed by atoms with E-state index in [1.54, 1.807) is 0 Å². The van der Waals surface area contributed by atoms with Crippen molar-refractivity contribution in [1.29, 1.82) is 0 Å². The summed E-state index contributed by atoms with van der Waals surface area (Å²) in [7, 11) is 0. The van der Waals surface area contributed by atoms with E-state index in [1.807, 2.05) is 24.3 Å². The number of ether oxygens (including phenoxy) is 1. The Hall–Kier alpha value is -1.58. The topological polar surface area (TPSA) is 29.5 Å². The minimum Gasteiger partial charge on any atom is -0.493 e. The van der Waals surface area contributed by atoms with Crippen LogP contribution in [0.2, 0.25) is 5.02 Å². The summed E-state index contributed by atoms with van der Waals surface area (Å²) in [6, 6.07) is 12.1. The maximum Gasteiger partial charge on any atom is 0.129 e. The highest BCUT2D eigenvalue weighted by molar-refractivity contribution is 6.30. The van der Waals surface area contributed by atoms with Crippen molar-refractivity contribution in [3.63, 3.8) is 0 Å². The minimum absolute atomic E-state index is 0.156. The lowest BCUT2D eigenvalue weighted by Crippen LogP contribution is -2.16. The van der Waals surface area contributed by atoms with Gasteiger partial charge in [0.05, 0.1) is 12.7 Å².